The lowest BCUT2D eigenvalue weighted by molar-refractivity contribution is 0.610. The van der Waals surface area contributed by atoms with Crippen LogP contribution in [0.25, 0.3) is 0 Å². The molecule has 0 spiro atoms. The molecule has 112 valence electrons. The van der Waals surface area contributed by atoms with Crippen LogP contribution < -0.4 is 5.32 Å². The van der Waals surface area contributed by atoms with Crippen molar-refractivity contribution in [1.82, 2.24) is 5.32 Å². The topological polar surface area (TPSA) is 12.0 Å². The quantitative estimate of drug-likeness (QED) is 0.686. The normalized spacial score (nSPS) is 12.4. The minimum Gasteiger partial charge on any atom is -0.316 e. The van der Waals surface area contributed by atoms with Crippen molar-refractivity contribution in [3.05, 3.63) is 63.3 Å². The SMILES string of the molecule is CNC(CSc1ccccc1Br)Cc1ccc(F)cc1Cl. The summed E-state index contributed by atoms with van der Waals surface area (Å²) in [7, 11) is 1.93. The fraction of sp³-hybridized carbons (Fsp3) is 0.250. The van der Waals surface area contributed by atoms with Crippen LogP contribution in [-0.4, -0.2) is 18.8 Å². The van der Waals surface area contributed by atoms with E-state index < -0.39 is 0 Å². The van der Waals surface area contributed by atoms with E-state index in [0.29, 0.717) is 5.02 Å². The van der Waals surface area contributed by atoms with E-state index in [9.17, 15) is 4.39 Å². The van der Waals surface area contributed by atoms with Gasteiger partial charge < -0.3 is 5.32 Å². The molecule has 5 heteroatoms. The molecule has 21 heavy (non-hydrogen) atoms. The molecule has 2 aromatic rings. The Kier molecular flexibility index (Phi) is 6.55. The van der Waals surface area contributed by atoms with Crippen LogP contribution in [0.5, 0.6) is 0 Å². The molecule has 2 rings (SSSR count). The minimum atomic E-state index is -0.299. The molecule has 1 unspecified atom stereocenters. The van der Waals surface area contributed by atoms with Crippen LogP contribution in [0.2, 0.25) is 5.02 Å². The van der Waals surface area contributed by atoms with Gasteiger partial charge in [-0.25, -0.2) is 4.39 Å². The molecule has 2 aromatic carbocycles. The molecule has 0 aliphatic carbocycles. The van der Waals surface area contributed by atoms with Crippen molar-refractivity contribution in [2.75, 3.05) is 12.8 Å². The van der Waals surface area contributed by atoms with Gasteiger partial charge in [-0.3, -0.25) is 0 Å². The van der Waals surface area contributed by atoms with E-state index >= 15 is 0 Å². The van der Waals surface area contributed by atoms with Gasteiger partial charge in [-0.15, -0.1) is 11.8 Å². The number of hydrogen-bond acceptors (Lipinski definition) is 2. The lowest BCUT2D eigenvalue weighted by atomic mass is 10.1. The van der Waals surface area contributed by atoms with Gasteiger partial charge in [0.1, 0.15) is 5.82 Å². The molecule has 1 atom stereocenters. The average molecular weight is 389 g/mol. The summed E-state index contributed by atoms with van der Waals surface area (Å²) in [6.07, 6.45) is 0.771. The van der Waals surface area contributed by atoms with E-state index in [-0.39, 0.29) is 11.9 Å². The third kappa shape index (κ3) is 4.99. The maximum atomic E-state index is 13.1. The molecule has 1 nitrogen and oxygen atoms in total. The highest BCUT2D eigenvalue weighted by molar-refractivity contribution is 9.10. The second-order valence-corrected chi connectivity index (χ2v) is 6.99. The maximum Gasteiger partial charge on any atom is 0.124 e. The first-order chi connectivity index (χ1) is 10.1. The zero-order chi connectivity index (χ0) is 15.2. The predicted molar refractivity (Wildman–Crippen MR) is 92.8 cm³/mol. The van der Waals surface area contributed by atoms with E-state index in [2.05, 4.69) is 27.3 Å². The number of halogens is 3. The van der Waals surface area contributed by atoms with Crippen molar-refractivity contribution in [2.45, 2.75) is 17.4 Å². The van der Waals surface area contributed by atoms with Gasteiger partial charge in [-0.1, -0.05) is 29.8 Å². The van der Waals surface area contributed by atoms with Crippen LogP contribution in [0, 0.1) is 5.82 Å². The van der Waals surface area contributed by atoms with Gasteiger partial charge in [0.2, 0.25) is 0 Å². The largest absolute Gasteiger partial charge is 0.316 e. The monoisotopic (exact) mass is 387 g/mol. The van der Waals surface area contributed by atoms with Gasteiger partial charge >= 0.3 is 0 Å². The lowest BCUT2D eigenvalue weighted by Gasteiger charge is -2.17. The first kappa shape index (κ1) is 16.8. The van der Waals surface area contributed by atoms with Crippen molar-refractivity contribution >= 4 is 39.3 Å². The van der Waals surface area contributed by atoms with Gasteiger partial charge in [-0.2, -0.15) is 0 Å². The Hall–Kier alpha value is -0.550. The Labute approximate surface area is 142 Å². The minimum absolute atomic E-state index is 0.269. The van der Waals surface area contributed by atoms with E-state index in [1.807, 2.05) is 25.2 Å². The third-order valence-corrected chi connectivity index (χ3v) is 5.71. The smallest absolute Gasteiger partial charge is 0.124 e. The summed E-state index contributed by atoms with van der Waals surface area (Å²) in [5.41, 5.74) is 0.963. The second kappa shape index (κ2) is 8.18. The predicted octanol–water partition coefficient (Wildman–Crippen LogP) is 5.16. The summed E-state index contributed by atoms with van der Waals surface area (Å²) < 4.78 is 14.2. The highest BCUT2D eigenvalue weighted by atomic mass is 79.9. The van der Waals surface area contributed by atoms with Crippen molar-refractivity contribution in [3.8, 4) is 0 Å². The van der Waals surface area contributed by atoms with Gasteiger partial charge in [0.15, 0.2) is 0 Å². The van der Waals surface area contributed by atoms with Crippen molar-refractivity contribution in [1.29, 1.82) is 0 Å². The molecule has 0 fully saturated rings. The summed E-state index contributed by atoms with van der Waals surface area (Å²) in [6, 6.07) is 13.0. The molecule has 0 heterocycles. The summed E-state index contributed by atoms with van der Waals surface area (Å²) in [5, 5.41) is 3.78. The first-order valence-corrected chi connectivity index (χ1v) is 8.74. The van der Waals surface area contributed by atoms with Gasteiger partial charge in [0.25, 0.3) is 0 Å². The van der Waals surface area contributed by atoms with Crippen molar-refractivity contribution < 1.29 is 4.39 Å². The van der Waals surface area contributed by atoms with Gasteiger partial charge in [0.05, 0.1) is 0 Å². The van der Waals surface area contributed by atoms with Crippen LogP contribution in [0.15, 0.2) is 51.8 Å². The first-order valence-electron chi connectivity index (χ1n) is 6.58. The van der Waals surface area contributed by atoms with Crippen LogP contribution >= 0.6 is 39.3 Å². The summed E-state index contributed by atoms with van der Waals surface area (Å²) in [4.78, 5) is 1.21. The van der Waals surface area contributed by atoms with E-state index in [1.54, 1.807) is 17.8 Å². The molecule has 1 N–H and O–H groups in total. The third-order valence-electron chi connectivity index (χ3n) is 3.17. The zero-order valence-electron chi connectivity index (χ0n) is 11.6. The van der Waals surface area contributed by atoms with Crippen LogP contribution in [0.4, 0.5) is 4.39 Å². The summed E-state index contributed by atoms with van der Waals surface area (Å²) >= 11 is 11.4. The van der Waals surface area contributed by atoms with Crippen LogP contribution in [0.1, 0.15) is 5.56 Å². The fourth-order valence-corrected chi connectivity index (χ4v) is 3.87. The Bertz CT molecular complexity index is 609. The van der Waals surface area contributed by atoms with Crippen molar-refractivity contribution in [3.63, 3.8) is 0 Å². The van der Waals surface area contributed by atoms with Gasteiger partial charge in [-0.05, 0) is 59.2 Å². The maximum absolute atomic E-state index is 13.1. The Morgan fingerprint density at radius 1 is 1.29 bits per heavy atom. The Morgan fingerprint density at radius 3 is 2.71 bits per heavy atom. The molecule has 0 aromatic heterocycles. The zero-order valence-corrected chi connectivity index (χ0v) is 14.7. The molecule has 0 bridgehead atoms. The molecule has 0 saturated carbocycles. The highest BCUT2D eigenvalue weighted by Crippen LogP contribution is 2.28. The number of benzene rings is 2. The van der Waals surface area contributed by atoms with Crippen molar-refractivity contribution in [2.24, 2.45) is 0 Å². The number of hydrogen-bond donors (Lipinski definition) is 1. The lowest BCUT2D eigenvalue weighted by Crippen LogP contribution is -2.30. The van der Waals surface area contributed by atoms with E-state index in [0.717, 1.165) is 22.2 Å². The second-order valence-electron chi connectivity index (χ2n) is 4.67. The number of likely N-dealkylation sites (N-methyl/N-ethyl adjacent to an activating group) is 1. The van der Waals surface area contributed by atoms with Crippen LogP contribution in [-0.2, 0) is 6.42 Å². The Morgan fingerprint density at radius 2 is 2.05 bits per heavy atom. The standard InChI is InChI=1S/C16H16BrClFNS/c1-20-13(8-11-6-7-12(19)9-15(11)18)10-21-16-5-3-2-4-14(16)17/h2-7,9,13,20H,8,10H2,1H3. The molecule has 0 aliphatic heterocycles. The highest BCUT2D eigenvalue weighted by Gasteiger charge is 2.12. The summed E-state index contributed by atoms with van der Waals surface area (Å²) in [5.74, 6) is 0.611. The number of nitrogens with one attached hydrogen (secondary N) is 1. The average Bonchev–Trinajstić information content (AvgIpc) is 2.47. The van der Waals surface area contributed by atoms with Crippen LogP contribution in [0.3, 0.4) is 0 Å². The summed E-state index contributed by atoms with van der Waals surface area (Å²) in [6.45, 7) is 0. The van der Waals surface area contributed by atoms with E-state index in [1.165, 1.54) is 17.0 Å². The molecule has 0 radical (unpaired) electrons. The molecule has 0 amide bonds. The molecular formula is C16H16BrClFNS. The fourth-order valence-electron chi connectivity index (χ4n) is 1.95. The number of thioether (sulfide) groups is 1. The number of rotatable bonds is 6. The van der Waals surface area contributed by atoms with Gasteiger partial charge in [0, 0.05) is 26.2 Å². The molecular weight excluding hydrogens is 373 g/mol. The Balaban J connectivity index is 1.99. The van der Waals surface area contributed by atoms with E-state index in [4.69, 9.17) is 11.6 Å². The molecule has 0 saturated heterocycles. The molecule has 0 aliphatic rings.